The number of rotatable bonds is 8. The molecular weight excluding hydrogens is 545 g/mol. The summed E-state index contributed by atoms with van der Waals surface area (Å²) in [7, 11) is 0. The fraction of sp³-hybridized carbons (Fsp3) is 0.367. The highest BCUT2D eigenvalue weighted by Crippen LogP contribution is 2.36. The third-order valence-corrected chi connectivity index (χ3v) is 8.10. The second-order valence-corrected chi connectivity index (χ2v) is 11.3. The van der Waals surface area contributed by atoms with E-state index in [0.717, 1.165) is 41.9 Å². The van der Waals surface area contributed by atoms with Crippen LogP contribution < -0.4 is 11.1 Å². The van der Waals surface area contributed by atoms with Gasteiger partial charge in [-0.2, -0.15) is 4.98 Å². The third kappa shape index (κ3) is 5.74. The van der Waals surface area contributed by atoms with Crippen molar-refractivity contribution < 1.29 is 8.81 Å². The van der Waals surface area contributed by atoms with Crippen molar-refractivity contribution in [3.63, 3.8) is 0 Å². The van der Waals surface area contributed by atoms with Crippen molar-refractivity contribution in [3.8, 4) is 23.0 Å². The molecule has 0 radical (unpaired) electrons. The summed E-state index contributed by atoms with van der Waals surface area (Å²) in [5, 5.41) is 10.4. The van der Waals surface area contributed by atoms with Gasteiger partial charge in [0.2, 0.25) is 11.8 Å². The van der Waals surface area contributed by atoms with E-state index in [1.165, 1.54) is 18.9 Å². The van der Waals surface area contributed by atoms with Gasteiger partial charge in [0, 0.05) is 17.1 Å². The maximum Gasteiger partial charge on any atom is 0.434 e. The Hall–Kier alpha value is -4.05. The molecular formula is C30H31ClFN7O2. The Balaban J connectivity index is 1.54. The molecule has 5 aromatic rings. The maximum absolute atomic E-state index is 14.2. The van der Waals surface area contributed by atoms with Crippen LogP contribution in [-0.4, -0.2) is 29.7 Å². The predicted octanol–water partition coefficient (Wildman–Crippen LogP) is 7.02. The van der Waals surface area contributed by atoms with Gasteiger partial charge in [-0.3, -0.25) is 0 Å². The summed E-state index contributed by atoms with van der Waals surface area (Å²) in [6.45, 7) is 5.08. The molecule has 1 unspecified atom stereocenters. The minimum absolute atomic E-state index is 0.0308. The molecule has 0 aliphatic heterocycles. The van der Waals surface area contributed by atoms with Crippen LogP contribution >= 0.6 is 11.6 Å². The van der Waals surface area contributed by atoms with Gasteiger partial charge in [-0.05, 0) is 60.9 Å². The molecule has 3 heterocycles. The van der Waals surface area contributed by atoms with E-state index in [1.807, 2.05) is 31.2 Å². The van der Waals surface area contributed by atoms with E-state index in [-0.39, 0.29) is 23.6 Å². The highest BCUT2D eigenvalue weighted by molar-refractivity contribution is 6.30. The number of imidazole rings is 1. The number of nitrogens with zero attached hydrogens (tertiary/aromatic N) is 5. The zero-order chi connectivity index (χ0) is 28.5. The molecule has 0 saturated heterocycles. The SMILES string of the molecule is CCC(Nc1nc2nc(-c3n[nH]c(=O)o3)nc(-c3cccc(Cl)c3)c2n1CC1CCC(C)CC1)c1cccc(F)c1. The van der Waals surface area contributed by atoms with Gasteiger partial charge in [-0.15, -0.1) is 5.10 Å². The molecule has 0 bridgehead atoms. The fourth-order valence-electron chi connectivity index (χ4n) is 5.65. The van der Waals surface area contributed by atoms with Gasteiger partial charge in [0.1, 0.15) is 17.0 Å². The first kappa shape index (κ1) is 27.1. The molecule has 212 valence electrons. The number of benzene rings is 2. The normalized spacial score (nSPS) is 18.0. The Kier molecular flexibility index (Phi) is 7.57. The van der Waals surface area contributed by atoms with E-state index in [0.29, 0.717) is 34.7 Å². The molecule has 1 saturated carbocycles. The highest BCUT2D eigenvalue weighted by Gasteiger charge is 2.26. The quantitative estimate of drug-likeness (QED) is 0.204. The summed E-state index contributed by atoms with van der Waals surface area (Å²) >= 11 is 6.40. The van der Waals surface area contributed by atoms with Gasteiger partial charge in [-0.25, -0.2) is 24.3 Å². The lowest BCUT2D eigenvalue weighted by Gasteiger charge is -2.28. The van der Waals surface area contributed by atoms with Crippen LogP contribution in [0.15, 0.2) is 57.7 Å². The Morgan fingerprint density at radius 1 is 1.12 bits per heavy atom. The molecule has 0 spiro atoms. The number of fused-ring (bicyclic) bond motifs is 1. The average Bonchev–Trinajstić information content (AvgIpc) is 3.55. The number of aromatic amines is 1. The van der Waals surface area contributed by atoms with Gasteiger partial charge in [0.15, 0.2) is 5.65 Å². The summed E-state index contributed by atoms with van der Waals surface area (Å²) in [6.07, 6.45) is 5.31. The van der Waals surface area contributed by atoms with Crippen LogP contribution in [0.4, 0.5) is 10.3 Å². The van der Waals surface area contributed by atoms with Crippen LogP contribution in [0.1, 0.15) is 57.6 Å². The lowest BCUT2D eigenvalue weighted by atomic mass is 9.83. The average molecular weight is 576 g/mol. The monoisotopic (exact) mass is 575 g/mol. The van der Waals surface area contributed by atoms with E-state index >= 15 is 0 Å². The number of nitrogens with one attached hydrogen (secondary N) is 2. The van der Waals surface area contributed by atoms with Crippen LogP contribution in [0.3, 0.4) is 0 Å². The molecule has 1 aliphatic rings. The van der Waals surface area contributed by atoms with Crippen LogP contribution in [-0.2, 0) is 6.54 Å². The van der Waals surface area contributed by atoms with Gasteiger partial charge < -0.3 is 14.3 Å². The summed E-state index contributed by atoms with van der Waals surface area (Å²) in [6, 6.07) is 13.9. The van der Waals surface area contributed by atoms with Crippen molar-refractivity contribution in [2.75, 3.05) is 5.32 Å². The lowest BCUT2D eigenvalue weighted by Crippen LogP contribution is -2.20. The van der Waals surface area contributed by atoms with Crippen molar-refractivity contribution in [1.29, 1.82) is 0 Å². The van der Waals surface area contributed by atoms with E-state index in [2.05, 4.69) is 32.0 Å². The Labute approximate surface area is 241 Å². The first-order chi connectivity index (χ1) is 19.9. The standard InChI is InChI=1S/C30H31ClFN7O2/c1-3-23(19-6-5-9-22(32)15-19)33-29-36-26-25(39(29)16-18-12-10-17(2)11-13-18)24(20-7-4-8-21(31)14-20)34-27(35-26)28-37-38-30(40)41-28/h4-9,14-15,17-18,23H,3,10-13,16H2,1-2H3,(H,38,40)(H,33,34,35,36). The second-order valence-electron chi connectivity index (χ2n) is 10.8. The molecule has 1 aliphatic carbocycles. The largest absolute Gasteiger partial charge is 0.434 e. The topological polar surface area (TPSA) is 115 Å². The zero-order valence-electron chi connectivity index (χ0n) is 22.9. The zero-order valence-corrected chi connectivity index (χ0v) is 23.7. The van der Waals surface area contributed by atoms with E-state index in [1.54, 1.807) is 18.2 Å². The van der Waals surface area contributed by atoms with Crippen LogP contribution in [0.5, 0.6) is 0 Å². The van der Waals surface area contributed by atoms with Crippen LogP contribution in [0.2, 0.25) is 5.02 Å². The first-order valence-corrected chi connectivity index (χ1v) is 14.4. The number of hydrogen-bond acceptors (Lipinski definition) is 7. The van der Waals surface area contributed by atoms with Crippen molar-refractivity contribution in [3.05, 3.63) is 75.5 Å². The first-order valence-electron chi connectivity index (χ1n) is 14.0. The van der Waals surface area contributed by atoms with Crippen LogP contribution in [0.25, 0.3) is 34.1 Å². The molecule has 1 atom stereocenters. The molecule has 9 nitrogen and oxygen atoms in total. The predicted molar refractivity (Wildman–Crippen MR) is 156 cm³/mol. The number of halogens is 2. The molecule has 2 aromatic carbocycles. The smallest absolute Gasteiger partial charge is 0.384 e. The number of anilines is 1. The summed E-state index contributed by atoms with van der Waals surface area (Å²) in [4.78, 5) is 26.2. The fourth-order valence-corrected chi connectivity index (χ4v) is 5.84. The molecule has 41 heavy (non-hydrogen) atoms. The molecule has 2 N–H and O–H groups in total. The summed E-state index contributed by atoms with van der Waals surface area (Å²) < 4.78 is 21.5. The van der Waals surface area contributed by atoms with Crippen molar-refractivity contribution >= 4 is 28.7 Å². The van der Waals surface area contributed by atoms with Gasteiger partial charge >= 0.3 is 5.76 Å². The number of hydrogen-bond donors (Lipinski definition) is 2. The van der Waals surface area contributed by atoms with E-state index in [4.69, 9.17) is 26.0 Å². The highest BCUT2D eigenvalue weighted by atomic mass is 35.5. The lowest BCUT2D eigenvalue weighted by molar-refractivity contribution is 0.267. The maximum atomic E-state index is 14.2. The van der Waals surface area contributed by atoms with Crippen molar-refractivity contribution in [2.45, 2.75) is 58.5 Å². The van der Waals surface area contributed by atoms with Crippen LogP contribution in [0, 0.1) is 17.7 Å². The summed E-state index contributed by atoms with van der Waals surface area (Å²) in [5.41, 5.74) is 3.37. The molecule has 0 amide bonds. The van der Waals surface area contributed by atoms with Gasteiger partial charge in [0.25, 0.3) is 5.89 Å². The Morgan fingerprint density at radius 2 is 1.93 bits per heavy atom. The minimum Gasteiger partial charge on any atom is -0.384 e. The molecule has 11 heteroatoms. The molecule has 3 aromatic heterocycles. The number of aromatic nitrogens is 6. The molecule has 6 rings (SSSR count). The van der Waals surface area contributed by atoms with E-state index < -0.39 is 5.76 Å². The van der Waals surface area contributed by atoms with Crippen molar-refractivity contribution in [2.24, 2.45) is 11.8 Å². The number of H-pyrrole nitrogens is 1. The van der Waals surface area contributed by atoms with Crippen molar-refractivity contribution in [1.82, 2.24) is 29.7 Å². The van der Waals surface area contributed by atoms with Gasteiger partial charge in [-0.1, -0.05) is 62.6 Å². The van der Waals surface area contributed by atoms with E-state index in [9.17, 15) is 9.18 Å². The molecule has 1 fully saturated rings. The third-order valence-electron chi connectivity index (χ3n) is 7.87. The Morgan fingerprint density at radius 3 is 2.63 bits per heavy atom. The van der Waals surface area contributed by atoms with Gasteiger partial charge in [0.05, 0.1) is 6.04 Å². The Bertz CT molecular complexity index is 1740. The minimum atomic E-state index is -0.701. The second kappa shape index (κ2) is 11.4. The summed E-state index contributed by atoms with van der Waals surface area (Å²) in [5.74, 6) is 0.905.